The van der Waals surface area contributed by atoms with Gasteiger partial charge in [0.25, 0.3) is 0 Å². The van der Waals surface area contributed by atoms with Gasteiger partial charge in [-0.2, -0.15) is 0 Å². The molecule has 0 radical (unpaired) electrons. The number of rotatable bonds is 7. The minimum Gasteiger partial charge on any atom is -0.465 e. The van der Waals surface area contributed by atoms with Gasteiger partial charge in [0.2, 0.25) is 5.69 Å². The quantitative estimate of drug-likeness (QED) is 0.151. The number of benzene rings is 9. The normalized spacial score (nSPS) is 11.4. The highest BCUT2D eigenvalue weighted by Gasteiger charge is 2.20. The van der Waals surface area contributed by atoms with Crippen LogP contribution in [0, 0.1) is 6.57 Å². The van der Waals surface area contributed by atoms with Gasteiger partial charge in [-0.05, 0) is 94.0 Å². The third-order valence-corrected chi connectivity index (χ3v) is 11.4. The summed E-state index contributed by atoms with van der Waals surface area (Å²) in [6.45, 7) is 7.74. The molecule has 0 N–H and O–H groups in total. The molecule has 0 saturated carbocycles. The van der Waals surface area contributed by atoms with Gasteiger partial charge in [0.05, 0.1) is 23.3 Å². The number of anilines is 3. The van der Waals surface area contributed by atoms with Crippen LogP contribution in [0.3, 0.4) is 0 Å². The summed E-state index contributed by atoms with van der Waals surface area (Å²) in [4.78, 5) is 6.07. The number of aromatic nitrogens is 1. The number of furan rings is 1. The van der Waals surface area contributed by atoms with Crippen molar-refractivity contribution in [2.45, 2.75) is 0 Å². The van der Waals surface area contributed by atoms with Crippen LogP contribution < -0.4 is 4.90 Å². The molecule has 0 fully saturated rings. The molecule has 0 unspecified atom stereocenters. The Morgan fingerprint density at radius 2 is 0.831 bits per heavy atom. The lowest BCUT2D eigenvalue weighted by molar-refractivity contribution is 0.668. The van der Waals surface area contributed by atoms with Crippen molar-refractivity contribution in [2.75, 3.05) is 4.90 Å². The number of hydrogen-bond acceptors (Lipinski definition) is 2. The molecule has 0 aliphatic rings. The summed E-state index contributed by atoms with van der Waals surface area (Å²) in [7, 11) is 0. The van der Waals surface area contributed by atoms with Gasteiger partial charge in [-0.25, -0.2) is 4.85 Å². The van der Waals surface area contributed by atoms with Crippen molar-refractivity contribution in [3.05, 3.63) is 224 Å². The molecule has 0 spiro atoms. The van der Waals surface area contributed by atoms with Crippen molar-refractivity contribution in [2.24, 2.45) is 0 Å². The summed E-state index contributed by atoms with van der Waals surface area (Å²) in [5.41, 5.74) is 15.4. The summed E-state index contributed by atoms with van der Waals surface area (Å²) in [5, 5.41) is 4.28. The van der Waals surface area contributed by atoms with E-state index in [-0.39, 0.29) is 0 Å². The van der Waals surface area contributed by atoms with Gasteiger partial charge < -0.3 is 13.9 Å². The molecule has 2 heterocycles. The van der Waals surface area contributed by atoms with Gasteiger partial charge in [-0.3, -0.25) is 0 Å². The van der Waals surface area contributed by atoms with Crippen molar-refractivity contribution in [3.63, 3.8) is 0 Å². The van der Waals surface area contributed by atoms with Gasteiger partial charge in [0, 0.05) is 38.6 Å². The largest absolute Gasteiger partial charge is 0.465 e. The maximum absolute atomic E-state index is 7.74. The maximum atomic E-state index is 7.74. The molecule has 11 aromatic rings. The molecule has 9 aromatic carbocycles. The molecular weight excluding hydrogens is 719 g/mol. The van der Waals surface area contributed by atoms with Crippen molar-refractivity contribution in [1.29, 1.82) is 0 Å². The summed E-state index contributed by atoms with van der Waals surface area (Å²) < 4.78 is 8.82. The molecule has 59 heavy (non-hydrogen) atoms. The standard InChI is InChI=1S/C55H35N3O/c1-56-50-19-10-17-47-48-18-11-21-53(55(48)59-54(47)50)58-51-20-9-8-16-46(51)49-36-42(28-35-52(49)58)41-26-33-45(34-27-41)57(43-29-22-39(23-30-43)37-12-4-2-5-13-37)44-31-24-40(25-32-44)38-14-6-3-7-15-38/h2-36H. The molecule has 0 aliphatic carbocycles. The average molecular weight is 754 g/mol. The minimum absolute atomic E-state index is 0.521. The zero-order valence-electron chi connectivity index (χ0n) is 32.0. The fraction of sp³-hybridized carbons (Fsp3) is 0. The first-order chi connectivity index (χ1) is 29.2. The van der Waals surface area contributed by atoms with Crippen molar-refractivity contribution in [3.8, 4) is 39.1 Å². The summed E-state index contributed by atoms with van der Waals surface area (Å²) in [6.07, 6.45) is 0. The van der Waals surface area contributed by atoms with Crippen LogP contribution in [-0.4, -0.2) is 4.57 Å². The third-order valence-electron chi connectivity index (χ3n) is 11.4. The molecule has 0 bridgehead atoms. The molecule has 0 amide bonds. The van der Waals surface area contributed by atoms with Crippen LogP contribution in [0.1, 0.15) is 0 Å². The molecule has 276 valence electrons. The Hall–Kier alpha value is -8.13. The highest BCUT2D eigenvalue weighted by molar-refractivity contribution is 6.14. The lowest BCUT2D eigenvalue weighted by atomic mass is 10.0. The first-order valence-electron chi connectivity index (χ1n) is 19.8. The van der Waals surface area contributed by atoms with E-state index in [9.17, 15) is 0 Å². The number of hydrogen-bond donors (Lipinski definition) is 0. The molecule has 0 aliphatic heterocycles. The van der Waals surface area contributed by atoms with Crippen LogP contribution in [0.15, 0.2) is 217 Å². The molecule has 0 atom stereocenters. The predicted octanol–water partition coefficient (Wildman–Crippen LogP) is 15.7. The zero-order valence-corrected chi connectivity index (χ0v) is 32.0. The average Bonchev–Trinajstić information content (AvgIpc) is 3.86. The molecule has 0 saturated heterocycles. The highest BCUT2D eigenvalue weighted by atomic mass is 16.3. The maximum Gasteiger partial charge on any atom is 0.229 e. The predicted molar refractivity (Wildman–Crippen MR) is 245 cm³/mol. The summed E-state index contributed by atoms with van der Waals surface area (Å²) in [6, 6.07) is 74.9. The molecular formula is C55H35N3O. The van der Waals surface area contributed by atoms with Gasteiger partial charge >= 0.3 is 0 Å². The second-order valence-electron chi connectivity index (χ2n) is 14.8. The second-order valence-corrected chi connectivity index (χ2v) is 14.8. The molecule has 4 nitrogen and oxygen atoms in total. The lowest BCUT2D eigenvalue weighted by Gasteiger charge is -2.26. The second kappa shape index (κ2) is 14.1. The fourth-order valence-corrected chi connectivity index (χ4v) is 8.58. The van der Waals surface area contributed by atoms with Gasteiger partial charge in [0.1, 0.15) is 5.58 Å². The smallest absolute Gasteiger partial charge is 0.229 e. The van der Waals surface area contributed by atoms with E-state index in [1.165, 1.54) is 27.6 Å². The monoisotopic (exact) mass is 753 g/mol. The van der Waals surface area contributed by atoms with Crippen LogP contribution in [0.25, 0.3) is 87.7 Å². The van der Waals surface area contributed by atoms with E-state index >= 15 is 0 Å². The van der Waals surface area contributed by atoms with Crippen molar-refractivity contribution in [1.82, 2.24) is 4.57 Å². The van der Waals surface area contributed by atoms with Gasteiger partial charge in [-0.1, -0.05) is 152 Å². The van der Waals surface area contributed by atoms with Crippen molar-refractivity contribution >= 4 is 66.5 Å². The third kappa shape index (κ3) is 5.84. The van der Waals surface area contributed by atoms with E-state index in [1.54, 1.807) is 0 Å². The highest BCUT2D eigenvalue weighted by Crippen LogP contribution is 2.42. The number of para-hydroxylation sites is 3. The molecule has 4 heteroatoms. The van der Waals surface area contributed by atoms with E-state index in [1.807, 2.05) is 18.2 Å². The number of fused-ring (bicyclic) bond motifs is 6. The SMILES string of the molecule is [C-]#[N+]c1cccc2c1oc1c(-n3c4ccccc4c4cc(-c5ccc(N(c6ccc(-c7ccccc7)cc6)c6ccc(-c7ccccc7)cc6)cc5)ccc43)cccc12. The lowest BCUT2D eigenvalue weighted by Crippen LogP contribution is -2.09. The Kier molecular flexibility index (Phi) is 8.17. The van der Waals surface area contributed by atoms with Crippen LogP contribution in [-0.2, 0) is 0 Å². The summed E-state index contributed by atoms with van der Waals surface area (Å²) >= 11 is 0. The Bertz CT molecular complexity index is 3270. The van der Waals surface area contributed by atoms with E-state index in [0.29, 0.717) is 11.3 Å². The first kappa shape index (κ1) is 34.1. The number of nitrogens with zero attached hydrogens (tertiary/aromatic N) is 3. The van der Waals surface area contributed by atoms with E-state index < -0.39 is 0 Å². The van der Waals surface area contributed by atoms with Crippen LogP contribution >= 0.6 is 0 Å². The van der Waals surface area contributed by atoms with Crippen LogP contribution in [0.4, 0.5) is 22.7 Å². The Morgan fingerprint density at radius 3 is 1.42 bits per heavy atom. The van der Waals surface area contributed by atoms with Crippen LogP contribution in [0.5, 0.6) is 0 Å². The van der Waals surface area contributed by atoms with E-state index in [2.05, 4.69) is 208 Å². The van der Waals surface area contributed by atoms with E-state index in [0.717, 1.165) is 66.7 Å². The molecule has 2 aromatic heterocycles. The van der Waals surface area contributed by atoms with Crippen molar-refractivity contribution < 1.29 is 4.42 Å². The topological polar surface area (TPSA) is 25.7 Å². The van der Waals surface area contributed by atoms with Gasteiger partial charge in [-0.15, -0.1) is 0 Å². The fourth-order valence-electron chi connectivity index (χ4n) is 8.58. The Labute approximate surface area is 341 Å². The minimum atomic E-state index is 0.521. The first-order valence-corrected chi connectivity index (χ1v) is 19.8. The zero-order chi connectivity index (χ0) is 39.3. The Balaban J connectivity index is 0.992. The summed E-state index contributed by atoms with van der Waals surface area (Å²) in [5.74, 6) is 0. The van der Waals surface area contributed by atoms with Gasteiger partial charge in [0.15, 0.2) is 5.58 Å². The Morgan fingerprint density at radius 1 is 0.373 bits per heavy atom. The van der Waals surface area contributed by atoms with Crippen LogP contribution in [0.2, 0.25) is 0 Å². The molecule has 11 rings (SSSR count). The van der Waals surface area contributed by atoms with E-state index in [4.69, 9.17) is 11.0 Å².